The molecule has 1 aromatic rings. The number of halogens is 1. The second-order valence-corrected chi connectivity index (χ2v) is 3.79. The monoisotopic (exact) mass is 225 g/mol. The third kappa shape index (κ3) is 4.40. The molecule has 1 aromatic carbocycles. The Labute approximate surface area is 94.3 Å². The zero-order valence-corrected chi connectivity index (χ0v) is 9.24. The highest BCUT2D eigenvalue weighted by molar-refractivity contribution is 5.78. The summed E-state index contributed by atoms with van der Waals surface area (Å²) in [4.78, 5) is 11.5. The topological polar surface area (TPSA) is 49.3 Å². The Morgan fingerprint density at radius 2 is 2.31 bits per heavy atom. The van der Waals surface area contributed by atoms with Crippen LogP contribution >= 0.6 is 0 Å². The minimum absolute atomic E-state index is 0.0431. The molecule has 0 saturated heterocycles. The zero-order valence-electron chi connectivity index (χ0n) is 9.24. The van der Waals surface area contributed by atoms with Gasteiger partial charge in [-0.15, -0.1) is 0 Å². The number of carbonyl (C=O) groups is 1. The summed E-state index contributed by atoms with van der Waals surface area (Å²) in [6, 6.07) is 5.91. The third-order valence-corrected chi connectivity index (χ3v) is 2.22. The second kappa shape index (κ2) is 6.23. The molecule has 3 nitrogen and oxygen atoms in total. The van der Waals surface area contributed by atoms with Crippen molar-refractivity contribution in [3.05, 3.63) is 35.6 Å². The lowest BCUT2D eigenvalue weighted by Gasteiger charge is -2.12. The van der Waals surface area contributed by atoms with Crippen molar-refractivity contribution in [3.63, 3.8) is 0 Å². The number of benzene rings is 1. The number of aliphatic hydroxyl groups is 1. The van der Waals surface area contributed by atoms with E-state index in [4.69, 9.17) is 5.11 Å². The molecule has 0 fully saturated rings. The zero-order chi connectivity index (χ0) is 12.0. The highest BCUT2D eigenvalue weighted by Gasteiger charge is 2.07. The van der Waals surface area contributed by atoms with Crippen molar-refractivity contribution in [1.82, 2.24) is 5.32 Å². The van der Waals surface area contributed by atoms with Crippen LogP contribution in [0, 0.1) is 5.82 Å². The van der Waals surface area contributed by atoms with E-state index in [2.05, 4.69) is 5.32 Å². The van der Waals surface area contributed by atoms with E-state index in [1.165, 1.54) is 12.1 Å². The van der Waals surface area contributed by atoms with Crippen molar-refractivity contribution in [2.75, 3.05) is 6.61 Å². The molecular weight excluding hydrogens is 209 g/mol. The van der Waals surface area contributed by atoms with E-state index in [9.17, 15) is 9.18 Å². The minimum atomic E-state index is -0.339. The normalized spacial score (nSPS) is 12.2. The van der Waals surface area contributed by atoms with Gasteiger partial charge in [0.1, 0.15) is 5.82 Å². The molecule has 0 heterocycles. The Hall–Kier alpha value is -1.42. The molecule has 1 rings (SSSR count). The summed E-state index contributed by atoms with van der Waals surface area (Å²) < 4.78 is 12.8. The van der Waals surface area contributed by atoms with Gasteiger partial charge < -0.3 is 10.4 Å². The first-order valence-corrected chi connectivity index (χ1v) is 5.26. The second-order valence-electron chi connectivity index (χ2n) is 3.79. The lowest BCUT2D eigenvalue weighted by Crippen LogP contribution is -2.34. The summed E-state index contributed by atoms with van der Waals surface area (Å²) in [7, 11) is 0. The Kier molecular flexibility index (Phi) is 4.92. The van der Waals surface area contributed by atoms with E-state index < -0.39 is 0 Å². The van der Waals surface area contributed by atoms with Crippen LogP contribution in [0.25, 0.3) is 0 Å². The maximum atomic E-state index is 12.8. The van der Waals surface area contributed by atoms with Gasteiger partial charge in [0.15, 0.2) is 0 Å². The molecule has 1 unspecified atom stereocenters. The number of aliphatic hydroxyl groups excluding tert-OH is 1. The maximum Gasteiger partial charge on any atom is 0.224 e. The summed E-state index contributed by atoms with van der Waals surface area (Å²) in [6.45, 7) is 1.86. The number of amides is 1. The Morgan fingerprint density at radius 3 is 2.94 bits per heavy atom. The van der Waals surface area contributed by atoms with Crippen molar-refractivity contribution >= 4 is 5.91 Å². The maximum absolute atomic E-state index is 12.8. The van der Waals surface area contributed by atoms with Crippen LogP contribution in [0.4, 0.5) is 4.39 Å². The molecule has 88 valence electrons. The molecule has 0 radical (unpaired) electrons. The van der Waals surface area contributed by atoms with Crippen LogP contribution < -0.4 is 5.32 Å². The van der Waals surface area contributed by atoms with Gasteiger partial charge in [0.2, 0.25) is 5.91 Å². The molecule has 0 bridgehead atoms. The van der Waals surface area contributed by atoms with Gasteiger partial charge in [-0.2, -0.15) is 0 Å². The van der Waals surface area contributed by atoms with Gasteiger partial charge in [0.25, 0.3) is 0 Å². The highest BCUT2D eigenvalue weighted by atomic mass is 19.1. The lowest BCUT2D eigenvalue weighted by atomic mass is 10.1. The van der Waals surface area contributed by atoms with Crippen LogP contribution in [-0.4, -0.2) is 23.7 Å². The van der Waals surface area contributed by atoms with Crippen molar-refractivity contribution in [3.8, 4) is 0 Å². The van der Waals surface area contributed by atoms with Crippen molar-refractivity contribution in [1.29, 1.82) is 0 Å². The number of hydrogen-bond acceptors (Lipinski definition) is 2. The molecule has 4 heteroatoms. The SMILES string of the molecule is CC(CCO)NC(=O)Cc1cccc(F)c1. The molecule has 0 aliphatic rings. The van der Waals surface area contributed by atoms with Crippen LogP contribution in [0.5, 0.6) is 0 Å². The molecule has 0 aromatic heterocycles. The van der Waals surface area contributed by atoms with E-state index in [1.807, 2.05) is 6.92 Å². The lowest BCUT2D eigenvalue weighted by molar-refractivity contribution is -0.121. The summed E-state index contributed by atoms with van der Waals surface area (Å²) in [5, 5.41) is 11.4. The molecule has 1 amide bonds. The van der Waals surface area contributed by atoms with Crippen LogP contribution in [0.3, 0.4) is 0 Å². The van der Waals surface area contributed by atoms with Crippen LogP contribution in [0.15, 0.2) is 24.3 Å². The van der Waals surface area contributed by atoms with E-state index in [1.54, 1.807) is 12.1 Å². The molecule has 2 N–H and O–H groups in total. The quantitative estimate of drug-likeness (QED) is 0.792. The first-order valence-electron chi connectivity index (χ1n) is 5.26. The number of rotatable bonds is 5. The Balaban J connectivity index is 2.45. The average Bonchev–Trinajstić information content (AvgIpc) is 2.17. The molecular formula is C12H16FNO2. The van der Waals surface area contributed by atoms with E-state index in [0.717, 1.165) is 0 Å². The van der Waals surface area contributed by atoms with Gasteiger partial charge in [-0.1, -0.05) is 12.1 Å². The van der Waals surface area contributed by atoms with E-state index in [0.29, 0.717) is 12.0 Å². The van der Waals surface area contributed by atoms with Gasteiger partial charge in [-0.05, 0) is 31.0 Å². The summed E-state index contributed by atoms with van der Waals surface area (Å²) in [6.07, 6.45) is 0.683. The largest absolute Gasteiger partial charge is 0.396 e. The fraction of sp³-hybridized carbons (Fsp3) is 0.417. The van der Waals surface area contributed by atoms with Gasteiger partial charge in [0.05, 0.1) is 6.42 Å². The molecule has 16 heavy (non-hydrogen) atoms. The van der Waals surface area contributed by atoms with Crippen LogP contribution in [0.1, 0.15) is 18.9 Å². The summed E-state index contributed by atoms with van der Waals surface area (Å²) in [5.74, 6) is -0.500. The summed E-state index contributed by atoms with van der Waals surface area (Å²) in [5.41, 5.74) is 0.647. The minimum Gasteiger partial charge on any atom is -0.396 e. The first-order chi connectivity index (χ1) is 7.61. The van der Waals surface area contributed by atoms with Gasteiger partial charge in [-0.3, -0.25) is 4.79 Å². The molecule has 0 saturated carbocycles. The average molecular weight is 225 g/mol. The molecule has 0 spiro atoms. The number of nitrogens with one attached hydrogen (secondary N) is 1. The van der Waals surface area contributed by atoms with Crippen LogP contribution in [0.2, 0.25) is 0 Å². The first kappa shape index (κ1) is 12.6. The molecule has 0 aliphatic carbocycles. The Morgan fingerprint density at radius 1 is 1.56 bits per heavy atom. The van der Waals surface area contributed by atoms with E-state index >= 15 is 0 Å². The fourth-order valence-corrected chi connectivity index (χ4v) is 1.42. The van der Waals surface area contributed by atoms with Crippen molar-refractivity contribution in [2.24, 2.45) is 0 Å². The predicted octanol–water partition coefficient (Wildman–Crippen LogP) is 1.26. The highest BCUT2D eigenvalue weighted by Crippen LogP contribution is 2.04. The summed E-state index contributed by atoms with van der Waals surface area (Å²) >= 11 is 0. The van der Waals surface area contributed by atoms with Gasteiger partial charge in [-0.25, -0.2) is 4.39 Å². The standard InChI is InChI=1S/C12H16FNO2/c1-9(5-6-15)14-12(16)8-10-3-2-4-11(13)7-10/h2-4,7,9,15H,5-6,8H2,1H3,(H,14,16). The molecule has 0 aliphatic heterocycles. The third-order valence-electron chi connectivity index (χ3n) is 2.22. The van der Waals surface area contributed by atoms with E-state index in [-0.39, 0.29) is 30.8 Å². The van der Waals surface area contributed by atoms with Gasteiger partial charge in [0, 0.05) is 12.6 Å². The van der Waals surface area contributed by atoms with Crippen molar-refractivity contribution in [2.45, 2.75) is 25.8 Å². The van der Waals surface area contributed by atoms with Gasteiger partial charge >= 0.3 is 0 Å². The fourth-order valence-electron chi connectivity index (χ4n) is 1.42. The predicted molar refractivity (Wildman–Crippen MR) is 59.4 cm³/mol. The molecule has 1 atom stereocenters. The van der Waals surface area contributed by atoms with Crippen molar-refractivity contribution < 1.29 is 14.3 Å². The number of hydrogen-bond donors (Lipinski definition) is 2. The number of carbonyl (C=O) groups excluding carboxylic acids is 1. The smallest absolute Gasteiger partial charge is 0.224 e. The van der Waals surface area contributed by atoms with Crippen LogP contribution in [-0.2, 0) is 11.2 Å². The Bertz CT molecular complexity index is 355.